The molecule has 1 fully saturated rings. The molecule has 31 heavy (non-hydrogen) atoms. The predicted octanol–water partition coefficient (Wildman–Crippen LogP) is 4.32. The summed E-state index contributed by atoms with van der Waals surface area (Å²) in [6.45, 7) is 6.94. The van der Waals surface area contributed by atoms with Crippen molar-refractivity contribution in [2.45, 2.75) is 58.4 Å². The second kappa shape index (κ2) is 11.1. The van der Waals surface area contributed by atoms with Crippen LogP contribution in [0.1, 0.15) is 50.8 Å². The van der Waals surface area contributed by atoms with Crippen molar-refractivity contribution in [1.29, 1.82) is 0 Å². The first kappa shape index (κ1) is 23.0. The summed E-state index contributed by atoms with van der Waals surface area (Å²) in [5.74, 6) is -0.197. The van der Waals surface area contributed by atoms with E-state index in [4.69, 9.17) is 9.47 Å². The third-order valence-electron chi connectivity index (χ3n) is 5.54. The molecule has 0 spiro atoms. The highest BCUT2D eigenvalue weighted by Gasteiger charge is 2.28. The molecule has 2 aromatic carbocycles. The van der Waals surface area contributed by atoms with Gasteiger partial charge in [-0.2, -0.15) is 0 Å². The average molecular weight is 425 g/mol. The molecule has 3 atom stereocenters. The van der Waals surface area contributed by atoms with Crippen LogP contribution >= 0.6 is 0 Å². The third kappa shape index (κ3) is 6.64. The maximum Gasteiger partial charge on any atom is 0.252 e. The highest BCUT2D eigenvalue weighted by molar-refractivity contribution is 5.88. The summed E-state index contributed by atoms with van der Waals surface area (Å²) in [4.78, 5) is 26.7. The number of amides is 2. The van der Waals surface area contributed by atoms with E-state index in [0.717, 1.165) is 30.6 Å². The Morgan fingerprint density at radius 1 is 1.16 bits per heavy atom. The lowest BCUT2D eigenvalue weighted by molar-refractivity contribution is -0.147. The first-order valence-electron chi connectivity index (χ1n) is 10.9. The van der Waals surface area contributed by atoms with Crippen molar-refractivity contribution in [2.24, 2.45) is 0 Å². The quantitative estimate of drug-likeness (QED) is 0.651. The van der Waals surface area contributed by atoms with Crippen molar-refractivity contribution in [3.8, 4) is 0 Å². The molecule has 6 nitrogen and oxygen atoms in total. The molecule has 0 saturated carbocycles. The van der Waals surface area contributed by atoms with E-state index in [1.807, 2.05) is 66.4 Å². The minimum Gasteiger partial charge on any atom is -0.376 e. The molecule has 1 aliphatic heterocycles. The zero-order valence-electron chi connectivity index (χ0n) is 18.5. The number of ether oxygens (including phenoxy) is 2. The highest BCUT2D eigenvalue weighted by atomic mass is 16.5. The van der Waals surface area contributed by atoms with Gasteiger partial charge in [0.15, 0.2) is 0 Å². The highest BCUT2D eigenvalue weighted by Crippen LogP contribution is 2.26. The van der Waals surface area contributed by atoms with E-state index in [9.17, 15) is 9.59 Å². The van der Waals surface area contributed by atoms with Gasteiger partial charge in [0, 0.05) is 25.8 Å². The average Bonchev–Trinajstić information content (AvgIpc) is 3.29. The molecule has 166 valence electrons. The molecule has 0 radical (unpaired) electrons. The van der Waals surface area contributed by atoms with Gasteiger partial charge in [-0.3, -0.25) is 9.59 Å². The number of rotatable bonds is 9. The maximum atomic E-state index is 13.4. The molecule has 1 N–H and O–H groups in total. The molecular formula is C25H32N2O4. The number of anilines is 1. The molecule has 0 aromatic heterocycles. The van der Waals surface area contributed by atoms with Crippen molar-refractivity contribution in [3.63, 3.8) is 0 Å². The lowest BCUT2D eigenvalue weighted by Crippen LogP contribution is -2.41. The molecule has 2 aromatic rings. The molecule has 0 aliphatic carbocycles. The Morgan fingerprint density at radius 2 is 1.94 bits per heavy atom. The summed E-state index contributed by atoms with van der Waals surface area (Å²) in [7, 11) is 0. The second-order valence-electron chi connectivity index (χ2n) is 8.04. The SMILES string of the molecule is CC(=O)Nc1cccc(C(C)N(Cc2ccccc2)C(=O)C(C)OCC2CCCO2)c1. The number of benzene rings is 2. The van der Waals surface area contributed by atoms with Crippen LogP contribution in [0.15, 0.2) is 54.6 Å². The Labute approximate surface area is 184 Å². The van der Waals surface area contributed by atoms with Gasteiger partial charge < -0.3 is 19.7 Å². The van der Waals surface area contributed by atoms with Crippen LogP contribution in [0.4, 0.5) is 5.69 Å². The van der Waals surface area contributed by atoms with E-state index in [-0.39, 0.29) is 24.0 Å². The zero-order chi connectivity index (χ0) is 22.2. The van der Waals surface area contributed by atoms with Crippen LogP contribution in [0, 0.1) is 0 Å². The Balaban J connectivity index is 1.77. The number of carbonyl (C=O) groups excluding carboxylic acids is 2. The first-order valence-corrected chi connectivity index (χ1v) is 10.9. The third-order valence-corrected chi connectivity index (χ3v) is 5.54. The molecule has 3 rings (SSSR count). The first-order chi connectivity index (χ1) is 14.9. The van der Waals surface area contributed by atoms with Gasteiger partial charge in [-0.1, -0.05) is 42.5 Å². The van der Waals surface area contributed by atoms with Crippen molar-refractivity contribution in [1.82, 2.24) is 4.90 Å². The van der Waals surface area contributed by atoms with Crippen LogP contribution in [0.25, 0.3) is 0 Å². The number of carbonyl (C=O) groups is 2. The van der Waals surface area contributed by atoms with Crippen LogP contribution in [-0.2, 0) is 25.6 Å². The van der Waals surface area contributed by atoms with Gasteiger partial charge in [0.25, 0.3) is 5.91 Å². The number of nitrogens with one attached hydrogen (secondary N) is 1. The standard InChI is InChI=1S/C25H32N2O4/c1-18(22-11-7-12-23(15-22)26-20(3)28)27(16-21-9-5-4-6-10-21)25(29)19(2)31-17-24-13-8-14-30-24/h4-7,9-12,15,18-19,24H,8,13-14,16-17H2,1-3H3,(H,26,28). The fourth-order valence-electron chi connectivity index (χ4n) is 3.78. The number of hydrogen-bond acceptors (Lipinski definition) is 4. The summed E-state index contributed by atoms with van der Waals surface area (Å²) in [6, 6.07) is 17.3. The number of nitrogens with zero attached hydrogens (tertiary/aromatic N) is 1. The Bertz CT molecular complexity index is 865. The lowest BCUT2D eigenvalue weighted by Gasteiger charge is -2.32. The zero-order valence-corrected chi connectivity index (χ0v) is 18.5. The van der Waals surface area contributed by atoms with Crippen molar-refractivity contribution >= 4 is 17.5 Å². The summed E-state index contributed by atoms with van der Waals surface area (Å²) in [6.07, 6.45) is 1.51. The minimum absolute atomic E-state index is 0.0701. The summed E-state index contributed by atoms with van der Waals surface area (Å²) >= 11 is 0. The van der Waals surface area contributed by atoms with E-state index in [2.05, 4.69) is 5.32 Å². The minimum atomic E-state index is -0.575. The Morgan fingerprint density at radius 3 is 2.61 bits per heavy atom. The van der Waals surface area contributed by atoms with Gasteiger partial charge in [-0.15, -0.1) is 0 Å². The maximum absolute atomic E-state index is 13.4. The summed E-state index contributed by atoms with van der Waals surface area (Å²) < 4.78 is 11.5. The molecule has 0 bridgehead atoms. The van der Waals surface area contributed by atoms with E-state index in [1.54, 1.807) is 6.92 Å². The topological polar surface area (TPSA) is 67.9 Å². The van der Waals surface area contributed by atoms with Gasteiger partial charge in [0.1, 0.15) is 6.10 Å². The van der Waals surface area contributed by atoms with Crippen molar-refractivity contribution in [2.75, 3.05) is 18.5 Å². The van der Waals surface area contributed by atoms with E-state index in [1.165, 1.54) is 6.92 Å². The number of hydrogen-bond donors (Lipinski definition) is 1. The van der Waals surface area contributed by atoms with Gasteiger partial charge in [0.05, 0.1) is 18.8 Å². The van der Waals surface area contributed by atoms with Crippen LogP contribution in [0.5, 0.6) is 0 Å². The normalized spacial score (nSPS) is 17.7. The second-order valence-corrected chi connectivity index (χ2v) is 8.04. The van der Waals surface area contributed by atoms with Crippen LogP contribution in [0.2, 0.25) is 0 Å². The molecule has 1 heterocycles. The van der Waals surface area contributed by atoms with Gasteiger partial charge in [0.2, 0.25) is 5.91 Å². The molecule has 6 heteroatoms. The predicted molar refractivity (Wildman–Crippen MR) is 121 cm³/mol. The van der Waals surface area contributed by atoms with E-state index in [0.29, 0.717) is 18.8 Å². The van der Waals surface area contributed by atoms with E-state index >= 15 is 0 Å². The fraction of sp³-hybridized carbons (Fsp3) is 0.440. The molecule has 1 aliphatic rings. The van der Waals surface area contributed by atoms with Crippen molar-refractivity contribution in [3.05, 3.63) is 65.7 Å². The lowest BCUT2D eigenvalue weighted by atomic mass is 10.0. The van der Waals surface area contributed by atoms with E-state index < -0.39 is 6.10 Å². The van der Waals surface area contributed by atoms with Gasteiger partial charge >= 0.3 is 0 Å². The fourth-order valence-corrected chi connectivity index (χ4v) is 3.78. The molecular weight excluding hydrogens is 392 g/mol. The Hall–Kier alpha value is -2.70. The monoisotopic (exact) mass is 424 g/mol. The van der Waals surface area contributed by atoms with Gasteiger partial charge in [-0.25, -0.2) is 0 Å². The smallest absolute Gasteiger partial charge is 0.252 e. The summed E-state index contributed by atoms with van der Waals surface area (Å²) in [5, 5.41) is 2.81. The van der Waals surface area contributed by atoms with Crippen LogP contribution in [0.3, 0.4) is 0 Å². The van der Waals surface area contributed by atoms with Crippen molar-refractivity contribution < 1.29 is 19.1 Å². The van der Waals surface area contributed by atoms with Gasteiger partial charge in [-0.05, 0) is 49.9 Å². The molecule has 3 unspecified atom stereocenters. The molecule has 2 amide bonds. The van der Waals surface area contributed by atoms with Crippen LogP contribution < -0.4 is 5.32 Å². The van der Waals surface area contributed by atoms with Crippen LogP contribution in [-0.4, -0.2) is 42.1 Å². The summed E-state index contributed by atoms with van der Waals surface area (Å²) in [5.41, 5.74) is 2.71. The Kier molecular flexibility index (Phi) is 8.20. The molecule has 1 saturated heterocycles. The largest absolute Gasteiger partial charge is 0.376 e.